The molecule has 2 rings (SSSR count). The molecule has 3 nitrogen and oxygen atoms in total. The second kappa shape index (κ2) is 6.34. The molecule has 19 heavy (non-hydrogen) atoms. The van der Waals surface area contributed by atoms with Crippen molar-refractivity contribution in [3.05, 3.63) is 48.0 Å². The Bertz CT molecular complexity index is 563. The van der Waals surface area contributed by atoms with Gasteiger partial charge in [-0.3, -0.25) is 4.79 Å². The zero-order valence-electron chi connectivity index (χ0n) is 11.1. The van der Waals surface area contributed by atoms with Gasteiger partial charge in [-0.05, 0) is 29.7 Å². The number of benzene rings is 2. The maximum absolute atomic E-state index is 11.7. The number of rotatable bonds is 5. The van der Waals surface area contributed by atoms with Crippen LogP contribution in [0.1, 0.15) is 18.9 Å². The number of aliphatic hydroxyl groups excluding tert-OH is 1. The molecule has 0 aliphatic rings. The first-order valence-corrected chi connectivity index (χ1v) is 6.57. The van der Waals surface area contributed by atoms with Gasteiger partial charge in [0.15, 0.2) is 0 Å². The third-order valence-corrected chi connectivity index (χ3v) is 3.06. The number of hydrogen-bond donors (Lipinski definition) is 2. The van der Waals surface area contributed by atoms with Crippen LogP contribution in [0.5, 0.6) is 0 Å². The van der Waals surface area contributed by atoms with Crippen molar-refractivity contribution in [1.29, 1.82) is 0 Å². The summed E-state index contributed by atoms with van der Waals surface area (Å²) in [6, 6.07) is 14.2. The molecule has 0 heterocycles. The first-order chi connectivity index (χ1) is 9.15. The predicted octanol–water partition coefficient (Wildman–Crippen LogP) is 2.27. The standard InChI is InChI=1S/C16H19NO2/c1-12(18)8-9-17-16(19)11-13-6-7-14-4-2-3-5-15(14)10-13/h2-7,10,12,18H,8-9,11H2,1H3,(H,17,19). The lowest BCUT2D eigenvalue weighted by molar-refractivity contribution is -0.120. The number of carbonyl (C=O) groups excluding carboxylic acids is 1. The topological polar surface area (TPSA) is 49.3 Å². The van der Waals surface area contributed by atoms with Crippen LogP contribution in [-0.2, 0) is 11.2 Å². The Morgan fingerprint density at radius 2 is 1.95 bits per heavy atom. The van der Waals surface area contributed by atoms with Gasteiger partial charge in [0.05, 0.1) is 12.5 Å². The number of fused-ring (bicyclic) bond motifs is 1. The van der Waals surface area contributed by atoms with E-state index in [4.69, 9.17) is 5.11 Å². The molecule has 0 saturated carbocycles. The van der Waals surface area contributed by atoms with Crippen molar-refractivity contribution < 1.29 is 9.90 Å². The summed E-state index contributed by atoms with van der Waals surface area (Å²) in [6.45, 7) is 2.24. The fraction of sp³-hybridized carbons (Fsp3) is 0.312. The lowest BCUT2D eigenvalue weighted by atomic mass is 10.0. The maximum Gasteiger partial charge on any atom is 0.224 e. The monoisotopic (exact) mass is 257 g/mol. The van der Waals surface area contributed by atoms with E-state index in [0.717, 1.165) is 10.9 Å². The first-order valence-electron chi connectivity index (χ1n) is 6.57. The number of amides is 1. The van der Waals surface area contributed by atoms with E-state index >= 15 is 0 Å². The van der Waals surface area contributed by atoms with Gasteiger partial charge in [-0.15, -0.1) is 0 Å². The van der Waals surface area contributed by atoms with Crippen molar-refractivity contribution >= 4 is 16.7 Å². The molecule has 0 spiro atoms. The molecule has 2 N–H and O–H groups in total. The SMILES string of the molecule is CC(O)CCNC(=O)Cc1ccc2ccccc2c1. The Balaban J connectivity index is 1.95. The van der Waals surface area contributed by atoms with E-state index in [0.29, 0.717) is 19.4 Å². The lowest BCUT2D eigenvalue weighted by Gasteiger charge is -2.07. The van der Waals surface area contributed by atoms with Crippen molar-refractivity contribution in [1.82, 2.24) is 5.32 Å². The molecule has 0 fully saturated rings. The van der Waals surface area contributed by atoms with Gasteiger partial charge < -0.3 is 10.4 Å². The van der Waals surface area contributed by atoms with Crippen molar-refractivity contribution in [2.45, 2.75) is 25.9 Å². The summed E-state index contributed by atoms with van der Waals surface area (Å²) in [5.41, 5.74) is 1.01. The van der Waals surface area contributed by atoms with Gasteiger partial charge in [0.25, 0.3) is 0 Å². The maximum atomic E-state index is 11.7. The molecule has 1 atom stereocenters. The molecule has 0 aromatic heterocycles. The Labute approximate surface area is 113 Å². The van der Waals surface area contributed by atoms with Crippen LogP contribution in [0.3, 0.4) is 0 Å². The highest BCUT2D eigenvalue weighted by Crippen LogP contribution is 2.15. The normalized spacial score (nSPS) is 12.3. The van der Waals surface area contributed by atoms with E-state index in [1.807, 2.05) is 36.4 Å². The molecular weight excluding hydrogens is 238 g/mol. The van der Waals surface area contributed by atoms with E-state index in [2.05, 4.69) is 11.4 Å². The molecule has 0 radical (unpaired) electrons. The Kier molecular flexibility index (Phi) is 4.53. The Hall–Kier alpha value is -1.87. The fourth-order valence-corrected chi connectivity index (χ4v) is 2.02. The third-order valence-electron chi connectivity index (χ3n) is 3.06. The molecule has 1 amide bonds. The van der Waals surface area contributed by atoms with E-state index < -0.39 is 0 Å². The minimum atomic E-state index is -0.374. The van der Waals surface area contributed by atoms with Crippen molar-refractivity contribution in [3.8, 4) is 0 Å². The summed E-state index contributed by atoms with van der Waals surface area (Å²) in [5, 5.41) is 14.3. The van der Waals surface area contributed by atoms with Gasteiger partial charge in [-0.2, -0.15) is 0 Å². The van der Waals surface area contributed by atoms with Gasteiger partial charge >= 0.3 is 0 Å². The fourth-order valence-electron chi connectivity index (χ4n) is 2.02. The highest BCUT2D eigenvalue weighted by atomic mass is 16.3. The summed E-state index contributed by atoms with van der Waals surface area (Å²) < 4.78 is 0. The summed E-state index contributed by atoms with van der Waals surface area (Å²) in [6.07, 6.45) is 0.592. The zero-order chi connectivity index (χ0) is 13.7. The molecule has 1 unspecified atom stereocenters. The molecule has 0 saturated heterocycles. The number of hydrogen-bond acceptors (Lipinski definition) is 2. The second-order valence-electron chi connectivity index (χ2n) is 4.85. The van der Waals surface area contributed by atoms with Crippen molar-refractivity contribution in [3.63, 3.8) is 0 Å². The van der Waals surface area contributed by atoms with Crippen LogP contribution in [0, 0.1) is 0 Å². The molecule has 100 valence electrons. The summed E-state index contributed by atoms with van der Waals surface area (Å²) in [4.78, 5) is 11.7. The Morgan fingerprint density at radius 3 is 2.68 bits per heavy atom. The molecule has 0 aliphatic heterocycles. The van der Waals surface area contributed by atoms with Crippen LogP contribution in [0.2, 0.25) is 0 Å². The van der Waals surface area contributed by atoms with Crippen LogP contribution < -0.4 is 5.32 Å². The van der Waals surface area contributed by atoms with Crippen LogP contribution >= 0.6 is 0 Å². The number of carbonyl (C=O) groups is 1. The van der Waals surface area contributed by atoms with Gasteiger partial charge in [0, 0.05) is 6.54 Å². The summed E-state index contributed by atoms with van der Waals surface area (Å²) >= 11 is 0. The van der Waals surface area contributed by atoms with Crippen molar-refractivity contribution in [2.75, 3.05) is 6.54 Å². The van der Waals surface area contributed by atoms with Crippen LogP contribution in [0.15, 0.2) is 42.5 Å². The molecule has 2 aromatic carbocycles. The number of aliphatic hydroxyl groups is 1. The van der Waals surface area contributed by atoms with E-state index in [1.165, 1.54) is 5.39 Å². The van der Waals surface area contributed by atoms with Gasteiger partial charge in [-0.25, -0.2) is 0 Å². The molecule has 0 bridgehead atoms. The highest BCUT2D eigenvalue weighted by molar-refractivity contribution is 5.85. The van der Waals surface area contributed by atoms with Crippen LogP contribution in [0.25, 0.3) is 10.8 Å². The smallest absolute Gasteiger partial charge is 0.224 e. The summed E-state index contributed by atoms with van der Waals surface area (Å²) in [7, 11) is 0. The third kappa shape index (κ3) is 4.07. The van der Waals surface area contributed by atoms with Crippen LogP contribution in [-0.4, -0.2) is 23.7 Å². The molecular formula is C16H19NO2. The predicted molar refractivity (Wildman–Crippen MR) is 77.0 cm³/mol. The molecule has 0 aliphatic carbocycles. The van der Waals surface area contributed by atoms with Gasteiger partial charge in [0.1, 0.15) is 0 Å². The largest absolute Gasteiger partial charge is 0.393 e. The Morgan fingerprint density at radius 1 is 1.21 bits per heavy atom. The molecule has 3 heteroatoms. The average molecular weight is 257 g/mol. The van der Waals surface area contributed by atoms with Crippen molar-refractivity contribution in [2.24, 2.45) is 0 Å². The lowest BCUT2D eigenvalue weighted by Crippen LogP contribution is -2.27. The van der Waals surface area contributed by atoms with Crippen LogP contribution in [0.4, 0.5) is 0 Å². The quantitative estimate of drug-likeness (QED) is 0.863. The highest BCUT2D eigenvalue weighted by Gasteiger charge is 2.04. The zero-order valence-corrected chi connectivity index (χ0v) is 11.1. The minimum absolute atomic E-state index is 0.00377. The first kappa shape index (κ1) is 13.6. The average Bonchev–Trinajstić information content (AvgIpc) is 2.38. The van der Waals surface area contributed by atoms with Gasteiger partial charge in [-0.1, -0.05) is 42.5 Å². The molecule has 2 aromatic rings. The second-order valence-corrected chi connectivity index (χ2v) is 4.85. The summed E-state index contributed by atoms with van der Waals surface area (Å²) in [5.74, 6) is -0.00377. The van der Waals surface area contributed by atoms with E-state index in [1.54, 1.807) is 6.92 Å². The van der Waals surface area contributed by atoms with E-state index in [-0.39, 0.29) is 12.0 Å². The van der Waals surface area contributed by atoms with E-state index in [9.17, 15) is 4.79 Å². The van der Waals surface area contributed by atoms with Gasteiger partial charge in [0.2, 0.25) is 5.91 Å². The minimum Gasteiger partial charge on any atom is -0.393 e. The number of nitrogens with one attached hydrogen (secondary N) is 1.